The van der Waals surface area contributed by atoms with Crippen LogP contribution in [-0.2, 0) is 16.2 Å². The van der Waals surface area contributed by atoms with Gasteiger partial charge in [-0.3, -0.25) is 0 Å². The molecular weight excluding hydrogens is 1290 g/mol. The van der Waals surface area contributed by atoms with E-state index in [0.29, 0.717) is 66.9 Å². The lowest BCUT2D eigenvalue weighted by Gasteiger charge is -2.47. The van der Waals surface area contributed by atoms with E-state index in [1.54, 1.807) is 0 Å². The van der Waals surface area contributed by atoms with Gasteiger partial charge < -0.3 is 18.9 Å². The zero-order valence-corrected chi connectivity index (χ0v) is 60.0. The number of nitrogens with zero attached hydrogens (tertiary/aromatic N) is 4. The zero-order chi connectivity index (χ0) is 97.9. The summed E-state index contributed by atoms with van der Waals surface area (Å²) in [5, 5.41) is -1.93. The van der Waals surface area contributed by atoms with Crippen LogP contribution in [0.1, 0.15) is 119 Å². The predicted molar refractivity (Wildman–Crippen MR) is 458 cm³/mol. The lowest BCUT2D eigenvalue weighted by Crippen LogP contribution is -2.61. The molecule has 0 spiro atoms. The molecule has 0 fully saturated rings. The van der Waals surface area contributed by atoms with Crippen molar-refractivity contribution >= 4 is 101 Å². The highest BCUT2D eigenvalue weighted by Crippen LogP contribution is 2.56. The molecule has 0 saturated heterocycles. The quantitative estimate of drug-likeness (QED) is 0.127. The summed E-state index contributed by atoms with van der Waals surface area (Å²) in [6.45, 7) is 16.7. The Morgan fingerprint density at radius 2 is 0.617 bits per heavy atom. The third-order valence-corrected chi connectivity index (χ3v) is 20.5. The molecule has 4 heterocycles. The Bertz CT molecular complexity index is 8010. The average molecular weight is 1400 g/mol. The number of fused-ring (bicyclic) bond motifs is 10. The molecule has 107 heavy (non-hydrogen) atoms. The normalized spacial score (nSPS) is 16.6. The van der Waals surface area contributed by atoms with Crippen LogP contribution in [0.5, 0.6) is 0 Å². The molecule has 19 rings (SSSR count). The molecule has 0 saturated carbocycles. The third kappa shape index (κ3) is 11.0. The maximum Gasteiger partial charge on any atom is 0.252 e. The molecule has 2 aliphatic heterocycles. The standard InChI is InChI=1S/C102H83BN4/c1-100(2,3)74-58-81(68-36-20-12-21-37-68)98(82(59-74)69-38-22-13-23-39-69)106-93-64-77(104-89-46-30-28-44-79(89)85-56-72(48-54-91(85)104)66-32-16-10-17-33-66)50-52-87(93)103-88-53-51-78(105-90-47-31-29-45-80(90)86-57-73(49-55-92(86)105)67-34-18-11-19-35-67)65-94(88)107(96-63-76(102(7,8)9)62-95(106)97(96)103)99-83(70-40-24-14-25-41-70)60-75(101(4,5)6)61-84(99)71-42-26-15-27-43-71/h10-65H,1-9H3/i10D,11D,16D,17D,18D,19D,28D,29D,30D,31D,32D,33D,34D,35D,44D,45D,46D,47D,48D,49D,50D,52D,53D,54D,55D,56D,57D,64D,65D. The van der Waals surface area contributed by atoms with Gasteiger partial charge in [0.2, 0.25) is 0 Å². The lowest BCUT2D eigenvalue weighted by atomic mass is 9.33. The molecule has 0 aliphatic carbocycles. The van der Waals surface area contributed by atoms with E-state index in [-0.39, 0.29) is 33.7 Å². The number of rotatable bonds is 10. The van der Waals surface area contributed by atoms with Crippen molar-refractivity contribution in [1.82, 2.24) is 9.13 Å². The number of hydrogen-bond acceptors (Lipinski definition) is 2. The highest BCUT2D eigenvalue weighted by Gasteiger charge is 2.47. The topological polar surface area (TPSA) is 16.3 Å². The molecule has 17 aromatic rings. The van der Waals surface area contributed by atoms with Crippen molar-refractivity contribution in [2.24, 2.45) is 0 Å². The van der Waals surface area contributed by atoms with Crippen LogP contribution in [-0.4, -0.2) is 15.8 Å². The molecule has 2 aromatic heterocycles. The van der Waals surface area contributed by atoms with Gasteiger partial charge in [-0.05, 0) is 191 Å². The Morgan fingerprint density at radius 3 is 1.02 bits per heavy atom. The Hall–Kier alpha value is -12.4. The van der Waals surface area contributed by atoms with Crippen LogP contribution in [0.15, 0.2) is 339 Å². The summed E-state index contributed by atoms with van der Waals surface area (Å²) in [6.07, 6.45) is 0. The Morgan fingerprint density at radius 1 is 0.271 bits per heavy atom. The van der Waals surface area contributed by atoms with E-state index < -0.39 is 275 Å². The minimum absolute atomic E-state index is 0.101. The molecule has 0 bridgehead atoms. The number of hydrogen-bond donors (Lipinski definition) is 0. The molecule has 0 N–H and O–H groups in total. The van der Waals surface area contributed by atoms with E-state index in [0.717, 1.165) is 20.3 Å². The summed E-state index contributed by atoms with van der Waals surface area (Å²) in [6, 6.07) is 27.7. The third-order valence-electron chi connectivity index (χ3n) is 20.5. The molecule has 4 nitrogen and oxygen atoms in total. The van der Waals surface area contributed by atoms with Gasteiger partial charge in [0.15, 0.2) is 0 Å². The summed E-state index contributed by atoms with van der Waals surface area (Å²) in [7, 11) is 0. The van der Waals surface area contributed by atoms with Crippen LogP contribution in [0.2, 0.25) is 0 Å². The Labute approximate surface area is 669 Å². The fraction of sp³-hybridized carbons (Fsp3) is 0.118. The molecule has 0 radical (unpaired) electrons. The van der Waals surface area contributed by atoms with Crippen molar-refractivity contribution in [1.29, 1.82) is 0 Å². The first-order valence-corrected chi connectivity index (χ1v) is 35.5. The summed E-state index contributed by atoms with van der Waals surface area (Å²) >= 11 is 0. The van der Waals surface area contributed by atoms with Crippen LogP contribution in [0, 0.1) is 0 Å². The largest absolute Gasteiger partial charge is 0.310 e. The van der Waals surface area contributed by atoms with Crippen LogP contribution in [0.3, 0.4) is 0 Å². The minimum atomic E-state index is -1.66. The molecule has 2 aliphatic rings. The highest BCUT2D eigenvalue weighted by molar-refractivity contribution is 7.00. The highest BCUT2D eigenvalue weighted by atomic mass is 15.2. The van der Waals surface area contributed by atoms with Gasteiger partial charge in [-0.25, -0.2) is 0 Å². The predicted octanol–water partition coefficient (Wildman–Crippen LogP) is 25.9. The Kier molecular flexibility index (Phi) is 9.71. The van der Waals surface area contributed by atoms with Gasteiger partial charge >= 0.3 is 0 Å². The zero-order valence-electron chi connectivity index (χ0n) is 89.0. The smallest absolute Gasteiger partial charge is 0.252 e. The van der Waals surface area contributed by atoms with Gasteiger partial charge in [-0.15, -0.1) is 0 Å². The van der Waals surface area contributed by atoms with Crippen LogP contribution in [0.4, 0.5) is 34.1 Å². The molecule has 514 valence electrons. The van der Waals surface area contributed by atoms with E-state index in [1.165, 1.54) is 6.07 Å². The number of benzene rings is 15. The van der Waals surface area contributed by atoms with Crippen molar-refractivity contribution in [3.63, 3.8) is 0 Å². The van der Waals surface area contributed by atoms with Gasteiger partial charge in [-0.1, -0.05) is 304 Å². The van der Waals surface area contributed by atoms with Crippen molar-refractivity contribution in [2.45, 2.75) is 78.6 Å². The van der Waals surface area contributed by atoms with Crippen molar-refractivity contribution < 1.29 is 39.8 Å². The fourth-order valence-electron chi connectivity index (χ4n) is 15.2. The summed E-state index contributed by atoms with van der Waals surface area (Å²) in [4.78, 5) is 3.74. The number of anilines is 6. The maximum atomic E-state index is 11.9. The monoisotopic (exact) mass is 1400 g/mol. The first-order chi connectivity index (χ1) is 64.1. The SMILES string of the molecule is [2H]c1cc(-n2c3c([2H])c([2H])c([2H])c([2H])c3c3c([2H])c(-c4c([2H])c([2H])c([2H])c([2H])c4[2H])c([2H])c([2H])c32)c([2H])c2c1B1c3c(cc(C(C)(C)C)cc3N(c3c(-c4ccccc4)cc(C(C)(C)C)cc3-c3ccccc3)c3c([2H])c(-n4c5c([2H])c([2H])c([2H])c([2H])c5c5c([2H])c(-c6c([2H])c([2H])c([2H])c([2H])c6[2H])c([2H])c([2H])c54)c([2H])c([2H])c31)N2c1c(-c2ccccc2)cc(C(C)(C)C)cc1-c1ccccc1. The van der Waals surface area contributed by atoms with Gasteiger partial charge in [0.05, 0.1) is 73.2 Å². The first-order valence-electron chi connectivity index (χ1n) is 50.0. The molecule has 5 heteroatoms. The maximum absolute atomic E-state index is 11.9. The van der Waals surface area contributed by atoms with Gasteiger partial charge in [0.1, 0.15) is 0 Å². The summed E-state index contributed by atoms with van der Waals surface area (Å²) < 4.78 is 289. The molecule has 0 amide bonds. The van der Waals surface area contributed by atoms with E-state index in [1.807, 2.05) is 164 Å². The Balaban J connectivity index is 1.07. The van der Waals surface area contributed by atoms with Gasteiger partial charge in [-0.2, -0.15) is 0 Å². The van der Waals surface area contributed by atoms with Crippen LogP contribution in [0.25, 0.3) is 122 Å². The second-order valence-corrected chi connectivity index (χ2v) is 30.2. The van der Waals surface area contributed by atoms with Gasteiger partial charge in [0, 0.05) is 77.9 Å². The van der Waals surface area contributed by atoms with Gasteiger partial charge in [0.25, 0.3) is 6.71 Å². The lowest BCUT2D eigenvalue weighted by molar-refractivity contribution is 0.590. The molecular formula is C102H83BN4. The first kappa shape index (κ1) is 41.3. The van der Waals surface area contributed by atoms with Crippen molar-refractivity contribution in [3.05, 3.63) is 356 Å². The van der Waals surface area contributed by atoms with E-state index in [4.69, 9.17) is 8.22 Å². The molecule has 15 aromatic carbocycles. The fourth-order valence-corrected chi connectivity index (χ4v) is 15.2. The van der Waals surface area contributed by atoms with Crippen LogP contribution < -0.4 is 26.2 Å². The molecule has 0 atom stereocenters. The van der Waals surface area contributed by atoms with Crippen molar-refractivity contribution in [2.75, 3.05) is 9.80 Å². The minimum Gasteiger partial charge on any atom is -0.310 e. The summed E-state index contributed by atoms with van der Waals surface area (Å²) in [5.74, 6) is 0. The number of para-hydroxylation sites is 2. The van der Waals surface area contributed by atoms with Crippen LogP contribution >= 0.6 is 0 Å². The van der Waals surface area contributed by atoms with Crippen molar-refractivity contribution in [3.8, 4) is 78.1 Å². The molecule has 0 unspecified atom stereocenters. The van der Waals surface area contributed by atoms with E-state index in [9.17, 15) is 31.5 Å². The number of aromatic nitrogens is 2. The van der Waals surface area contributed by atoms with E-state index in [2.05, 4.69) is 65.8 Å². The van der Waals surface area contributed by atoms with E-state index >= 15 is 0 Å². The average Bonchev–Trinajstić information content (AvgIpc) is 1.15. The second kappa shape index (κ2) is 25.1. The second-order valence-electron chi connectivity index (χ2n) is 30.2. The summed E-state index contributed by atoms with van der Waals surface area (Å²) in [5.41, 5.74) is -0.169.